The van der Waals surface area contributed by atoms with Gasteiger partial charge in [-0.25, -0.2) is 4.79 Å². The average molecular weight is 597 g/mol. The van der Waals surface area contributed by atoms with Crippen molar-refractivity contribution in [2.24, 2.45) is 0 Å². The molecule has 230 valence electrons. The van der Waals surface area contributed by atoms with Crippen molar-refractivity contribution in [3.05, 3.63) is 81.4 Å². The maximum absolute atomic E-state index is 13.4. The van der Waals surface area contributed by atoms with Gasteiger partial charge in [-0.2, -0.15) is 0 Å². The van der Waals surface area contributed by atoms with Gasteiger partial charge in [0.05, 0.1) is 41.3 Å². The van der Waals surface area contributed by atoms with Crippen LogP contribution in [0, 0.1) is 0 Å². The maximum Gasteiger partial charge on any atom is 0.355 e. The topological polar surface area (TPSA) is 163 Å². The first kappa shape index (κ1) is 32.6. The van der Waals surface area contributed by atoms with E-state index in [2.05, 4.69) is 9.97 Å². The van der Waals surface area contributed by atoms with E-state index in [1.165, 1.54) is 28.4 Å². The summed E-state index contributed by atoms with van der Waals surface area (Å²) in [6.07, 6.45) is 2.01. The van der Waals surface area contributed by atoms with Gasteiger partial charge in [0, 0.05) is 36.8 Å². The molecule has 0 aliphatic carbocycles. The number of esters is 5. The van der Waals surface area contributed by atoms with Crippen LogP contribution in [0.4, 0.5) is 0 Å². The zero-order valence-corrected chi connectivity index (χ0v) is 24.7. The van der Waals surface area contributed by atoms with Gasteiger partial charge in [-0.15, -0.1) is 0 Å². The molecule has 43 heavy (non-hydrogen) atoms. The molecule has 0 amide bonds. The van der Waals surface area contributed by atoms with Crippen molar-refractivity contribution in [1.82, 2.24) is 9.97 Å². The highest BCUT2D eigenvalue weighted by Gasteiger charge is 2.27. The van der Waals surface area contributed by atoms with Crippen molar-refractivity contribution in [3.8, 4) is 0 Å². The highest BCUT2D eigenvalue weighted by Crippen LogP contribution is 2.28. The Morgan fingerprint density at radius 2 is 1.26 bits per heavy atom. The molecule has 0 unspecified atom stereocenters. The van der Waals surface area contributed by atoms with E-state index in [4.69, 9.17) is 23.7 Å². The first-order chi connectivity index (χ1) is 20.7. The molecule has 0 fully saturated rings. The SMILES string of the molecule is COC(=O)CCc1c(CC(=O)OC)c[nH]c1Cc1[nH]c(C(=O)OCc2ccccc2)c(CCC(=O)OC)c1CC(=O)OC. The number of rotatable bonds is 15. The number of carbonyl (C=O) groups excluding carboxylic acids is 5. The second-order valence-electron chi connectivity index (χ2n) is 9.60. The summed E-state index contributed by atoms with van der Waals surface area (Å²) < 4.78 is 24.9. The number of benzene rings is 1. The van der Waals surface area contributed by atoms with E-state index in [9.17, 15) is 24.0 Å². The van der Waals surface area contributed by atoms with Crippen LogP contribution in [0.5, 0.6) is 0 Å². The fourth-order valence-corrected chi connectivity index (χ4v) is 4.69. The standard InChI is InChI=1S/C31H36N2O10/c1-39-26(34)12-10-21-20(14-28(36)41-3)17-32-24(21)16-25-23(15-29(37)42-4)22(11-13-27(35)40-2)30(33-25)31(38)43-18-19-8-6-5-7-9-19/h5-9,17,32-33H,10-16,18H2,1-4H3. The molecule has 0 spiro atoms. The summed E-state index contributed by atoms with van der Waals surface area (Å²) in [4.78, 5) is 68.2. The van der Waals surface area contributed by atoms with Gasteiger partial charge in [0.2, 0.25) is 0 Å². The van der Waals surface area contributed by atoms with E-state index in [0.29, 0.717) is 33.6 Å². The van der Waals surface area contributed by atoms with Gasteiger partial charge in [-0.3, -0.25) is 19.2 Å². The third-order valence-electron chi connectivity index (χ3n) is 6.97. The van der Waals surface area contributed by atoms with Crippen LogP contribution in [0.25, 0.3) is 0 Å². The zero-order valence-electron chi connectivity index (χ0n) is 24.7. The highest BCUT2D eigenvalue weighted by atomic mass is 16.5. The molecule has 0 bridgehead atoms. The Bertz CT molecular complexity index is 1440. The Labute approximate surface area is 249 Å². The monoisotopic (exact) mass is 596 g/mol. The normalized spacial score (nSPS) is 10.6. The summed E-state index contributed by atoms with van der Waals surface area (Å²) in [5, 5.41) is 0. The highest BCUT2D eigenvalue weighted by molar-refractivity contribution is 5.91. The minimum absolute atomic E-state index is 0.0159. The number of hydrogen-bond donors (Lipinski definition) is 2. The molecule has 2 aromatic heterocycles. The van der Waals surface area contributed by atoms with Crippen molar-refractivity contribution in [1.29, 1.82) is 0 Å². The molecule has 2 N–H and O–H groups in total. The summed E-state index contributed by atoms with van der Waals surface area (Å²) in [6, 6.07) is 9.15. The Morgan fingerprint density at radius 1 is 0.674 bits per heavy atom. The van der Waals surface area contributed by atoms with Crippen molar-refractivity contribution in [3.63, 3.8) is 0 Å². The molecular weight excluding hydrogens is 560 g/mol. The van der Waals surface area contributed by atoms with Crippen molar-refractivity contribution in [2.75, 3.05) is 28.4 Å². The number of nitrogens with one attached hydrogen (secondary N) is 2. The summed E-state index contributed by atoms with van der Waals surface area (Å²) in [6.45, 7) is 0.0159. The number of hydrogen-bond acceptors (Lipinski definition) is 10. The second kappa shape index (κ2) is 15.9. The smallest absolute Gasteiger partial charge is 0.355 e. The predicted octanol–water partition coefficient (Wildman–Crippen LogP) is 2.93. The quantitative estimate of drug-likeness (QED) is 0.197. The molecule has 12 nitrogen and oxygen atoms in total. The first-order valence-electron chi connectivity index (χ1n) is 13.6. The lowest BCUT2D eigenvalue weighted by atomic mass is 9.96. The Hall–Kier alpha value is -4.87. The van der Waals surface area contributed by atoms with Gasteiger partial charge in [-0.1, -0.05) is 30.3 Å². The molecule has 3 aromatic rings. The van der Waals surface area contributed by atoms with Gasteiger partial charge < -0.3 is 33.7 Å². The second-order valence-corrected chi connectivity index (χ2v) is 9.60. The van der Waals surface area contributed by atoms with Crippen LogP contribution in [0.2, 0.25) is 0 Å². The van der Waals surface area contributed by atoms with Crippen molar-refractivity contribution in [2.45, 2.75) is 51.6 Å². The minimum atomic E-state index is -0.662. The van der Waals surface area contributed by atoms with Gasteiger partial charge in [0.1, 0.15) is 12.3 Å². The summed E-state index contributed by atoms with van der Waals surface area (Å²) in [5.74, 6) is -2.57. The molecule has 0 aliphatic heterocycles. The predicted molar refractivity (Wildman–Crippen MR) is 152 cm³/mol. The Balaban J connectivity index is 2.06. The molecule has 0 saturated heterocycles. The molecule has 12 heteroatoms. The number of methoxy groups -OCH3 is 4. The van der Waals surface area contributed by atoms with E-state index in [0.717, 1.165) is 5.56 Å². The summed E-state index contributed by atoms with van der Waals surface area (Å²) >= 11 is 0. The van der Waals surface area contributed by atoms with Crippen LogP contribution in [0.1, 0.15) is 62.5 Å². The summed E-state index contributed by atoms with van der Waals surface area (Å²) in [7, 11) is 5.10. The van der Waals surface area contributed by atoms with Gasteiger partial charge in [0.25, 0.3) is 0 Å². The lowest BCUT2D eigenvalue weighted by Crippen LogP contribution is -2.12. The zero-order chi connectivity index (χ0) is 31.4. The van der Waals surface area contributed by atoms with Crippen LogP contribution in [0.15, 0.2) is 36.5 Å². The number of carbonyl (C=O) groups is 5. The van der Waals surface area contributed by atoms with E-state index in [-0.39, 0.29) is 57.2 Å². The molecular formula is C31H36N2O10. The van der Waals surface area contributed by atoms with Gasteiger partial charge >= 0.3 is 29.8 Å². The lowest BCUT2D eigenvalue weighted by Gasteiger charge is -2.10. The van der Waals surface area contributed by atoms with Crippen molar-refractivity contribution < 1.29 is 47.7 Å². The van der Waals surface area contributed by atoms with Crippen LogP contribution in [-0.2, 0) is 81.6 Å². The first-order valence-corrected chi connectivity index (χ1v) is 13.6. The van der Waals surface area contributed by atoms with Gasteiger partial charge in [-0.05, 0) is 40.7 Å². The fourth-order valence-electron chi connectivity index (χ4n) is 4.69. The Morgan fingerprint density at radius 3 is 1.86 bits per heavy atom. The molecule has 0 radical (unpaired) electrons. The molecule has 0 saturated carbocycles. The molecule has 2 heterocycles. The third-order valence-corrected chi connectivity index (χ3v) is 6.97. The van der Waals surface area contributed by atoms with Crippen molar-refractivity contribution >= 4 is 29.8 Å². The van der Waals surface area contributed by atoms with Crippen LogP contribution < -0.4 is 0 Å². The molecule has 0 aliphatic rings. The van der Waals surface area contributed by atoms with E-state index >= 15 is 0 Å². The van der Waals surface area contributed by atoms with E-state index in [1.807, 2.05) is 30.3 Å². The number of aromatic amines is 2. The van der Waals surface area contributed by atoms with Crippen LogP contribution >= 0.6 is 0 Å². The number of ether oxygens (including phenoxy) is 5. The lowest BCUT2D eigenvalue weighted by molar-refractivity contribution is -0.141. The third kappa shape index (κ3) is 9.06. The number of H-pyrrole nitrogens is 2. The molecule has 0 atom stereocenters. The average Bonchev–Trinajstić information content (AvgIpc) is 3.57. The van der Waals surface area contributed by atoms with E-state index < -0.39 is 29.8 Å². The van der Waals surface area contributed by atoms with Gasteiger partial charge in [0.15, 0.2) is 0 Å². The van der Waals surface area contributed by atoms with Crippen LogP contribution in [-0.4, -0.2) is 68.3 Å². The largest absolute Gasteiger partial charge is 0.469 e. The summed E-state index contributed by atoms with van der Waals surface area (Å²) in [5.41, 5.74) is 4.30. The maximum atomic E-state index is 13.4. The van der Waals surface area contributed by atoms with Crippen LogP contribution in [0.3, 0.4) is 0 Å². The fraction of sp³-hybridized carbons (Fsp3) is 0.387. The molecule has 3 rings (SSSR count). The van der Waals surface area contributed by atoms with E-state index in [1.54, 1.807) is 6.20 Å². The molecule has 1 aromatic carbocycles. The Kier molecular flexibility index (Phi) is 12.1. The number of aromatic nitrogens is 2. The minimum Gasteiger partial charge on any atom is -0.469 e.